The predicted molar refractivity (Wildman–Crippen MR) is 249 cm³/mol. The van der Waals surface area contributed by atoms with Crippen molar-refractivity contribution < 1.29 is 38.7 Å². The standard InChI is InChI=1S/C51H47Cl2N5O8/c1-29(32(4)59)50(51(61)62)58-24-40-14-44(52)48(16-46(40)63-25-36-12-34(18-54)20-56-22-36)65-27-38-8-6-10-41(30(38)2)42-11-7-9-39(31(42)3)28-66-49-17-47(43(33(5)60)15-45(49)53)64-26-37-13-35(19-55)21-57-23-37/h6-17,20-23,29,32,50,58-59H,24-28H2,1-5H3,(H,61,62)/t29-,32-,50-/m0/s1. The first-order valence-corrected chi connectivity index (χ1v) is 21.6. The minimum Gasteiger partial charge on any atom is -0.488 e. The van der Waals surface area contributed by atoms with Crippen molar-refractivity contribution in [1.29, 1.82) is 10.5 Å². The second-order valence-corrected chi connectivity index (χ2v) is 16.6. The molecule has 66 heavy (non-hydrogen) atoms. The van der Waals surface area contributed by atoms with Crippen molar-refractivity contribution in [2.75, 3.05) is 0 Å². The van der Waals surface area contributed by atoms with E-state index in [0.29, 0.717) is 50.6 Å². The third-order valence-electron chi connectivity index (χ3n) is 11.2. The van der Waals surface area contributed by atoms with Crippen molar-refractivity contribution in [3.05, 3.63) is 163 Å². The molecule has 6 aromatic rings. The Kier molecular flexibility index (Phi) is 16.3. The highest BCUT2D eigenvalue weighted by Gasteiger charge is 2.28. The van der Waals surface area contributed by atoms with Crippen molar-refractivity contribution in [1.82, 2.24) is 15.3 Å². The highest BCUT2D eigenvalue weighted by molar-refractivity contribution is 6.32. The van der Waals surface area contributed by atoms with E-state index >= 15 is 0 Å². The van der Waals surface area contributed by atoms with Gasteiger partial charge in [0, 0.05) is 66.1 Å². The topological polar surface area (TPSA) is 197 Å². The monoisotopic (exact) mass is 927 g/mol. The average Bonchev–Trinajstić information content (AvgIpc) is 3.30. The van der Waals surface area contributed by atoms with E-state index in [0.717, 1.165) is 33.4 Å². The highest BCUT2D eigenvalue weighted by atomic mass is 35.5. The SMILES string of the molecule is CC(=O)c1cc(Cl)c(OCc2cccc(-c3cccc(COc4cc(OCc5cncc(C#N)c5)c(CN[C@H](C(=O)O)[C@@H](C)[C@H](C)O)cc4Cl)c3C)c2C)cc1OCc1cncc(C#N)c1. The Morgan fingerprint density at radius 2 is 1.17 bits per heavy atom. The van der Waals surface area contributed by atoms with Crippen LogP contribution in [0.3, 0.4) is 0 Å². The molecule has 3 N–H and O–H groups in total. The molecular formula is C51H47Cl2N5O8. The molecule has 15 heteroatoms. The molecule has 6 rings (SSSR count). The molecule has 0 radical (unpaired) electrons. The van der Waals surface area contributed by atoms with Crippen LogP contribution in [0, 0.1) is 42.4 Å². The number of aliphatic carboxylic acids is 1. The summed E-state index contributed by atoms with van der Waals surface area (Å²) in [5, 5.41) is 42.2. The zero-order valence-electron chi connectivity index (χ0n) is 36.9. The number of halogens is 2. The molecule has 338 valence electrons. The van der Waals surface area contributed by atoms with Crippen LogP contribution in [-0.4, -0.2) is 44.1 Å². The van der Waals surface area contributed by atoms with Gasteiger partial charge in [-0.05, 0) is 85.3 Å². The summed E-state index contributed by atoms with van der Waals surface area (Å²) in [6.45, 7) is 9.15. The Morgan fingerprint density at radius 1 is 0.682 bits per heavy atom. The molecule has 0 saturated carbocycles. The lowest BCUT2D eigenvalue weighted by atomic mass is 9.92. The summed E-state index contributed by atoms with van der Waals surface area (Å²) in [6.07, 6.45) is 5.22. The maximum atomic E-state index is 12.5. The van der Waals surface area contributed by atoms with Crippen LogP contribution in [0.2, 0.25) is 10.0 Å². The lowest BCUT2D eigenvalue weighted by Crippen LogP contribution is -2.45. The van der Waals surface area contributed by atoms with Gasteiger partial charge in [0.1, 0.15) is 67.6 Å². The van der Waals surface area contributed by atoms with E-state index in [4.69, 9.17) is 42.1 Å². The number of aliphatic hydroxyl groups is 1. The number of carboxylic acid groups (broad SMARTS) is 1. The fourth-order valence-electron chi connectivity index (χ4n) is 7.15. The largest absolute Gasteiger partial charge is 0.488 e. The third kappa shape index (κ3) is 12.0. The minimum absolute atomic E-state index is 0.0531. The van der Waals surface area contributed by atoms with Crippen LogP contribution in [-0.2, 0) is 37.8 Å². The molecule has 0 aliphatic rings. The van der Waals surface area contributed by atoms with Crippen molar-refractivity contribution in [2.45, 2.75) is 79.7 Å². The summed E-state index contributed by atoms with van der Waals surface area (Å²) in [4.78, 5) is 32.9. The number of ketones is 1. The molecule has 0 bridgehead atoms. The first-order chi connectivity index (χ1) is 31.7. The summed E-state index contributed by atoms with van der Waals surface area (Å²) in [5.74, 6) is -0.615. The van der Waals surface area contributed by atoms with Gasteiger partial charge in [-0.3, -0.25) is 24.9 Å². The van der Waals surface area contributed by atoms with Crippen LogP contribution >= 0.6 is 23.2 Å². The Labute approximate surface area is 393 Å². The predicted octanol–water partition coefficient (Wildman–Crippen LogP) is 9.89. The van der Waals surface area contributed by atoms with E-state index in [2.05, 4.69) is 27.4 Å². The van der Waals surface area contributed by atoms with Crippen molar-refractivity contribution in [3.8, 4) is 46.3 Å². The lowest BCUT2D eigenvalue weighted by molar-refractivity contribution is -0.142. The fraction of sp³-hybridized carbons (Fsp3) is 0.255. The normalized spacial score (nSPS) is 12.3. The van der Waals surface area contributed by atoms with Gasteiger partial charge in [0.05, 0.1) is 32.8 Å². The molecule has 13 nitrogen and oxygen atoms in total. The molecule has 0 aliphatic carbocycles. The van der Waals surface area contributed by atoms with Gasteiger partial charge in [0.15, 0.2) is 5.78 Å². The molecule has 0 aliphatic heterocycles. The van der Waals surface area contributed by atoms with E-state index in [1.807, 2.05) is 50.2 Å². The number of rotatable bonds is 20. The number of carbonyl (C=O) groups excluding carboxylic acids is 1. The number of aromatic nitrogens is 2. The Hall–Kier alpha value is -7.00. The first-order valence-electron chi connectivity index (χ1n) is 20.8. The van der Waals surface area contributed by atoms with Gasteiger partial charge in [0.2, 0.25) is 0 Å². The number of ether oxygens (including phenoxy) is 4. The van der Waals surface area contributed by atoms with Gasteiger partial charge in [-0.25, -0.2) is 0 Å². The Morgan fingerprint density at radius 3 is 1.65 bits per heavy atom. The Balaban J connectivity index is 1.20. The van der Waals surface area contributed by atoms with Gasteiger partial charge in [-0.1, -0.05) is 66.5 Å². The molecular weight excluding hydrogens is 881 g/mol. The van der Waals surface area contributed by atoms with Crippen molar-refractivity contribution in [2.24, 2.45) is 5.92 Å². The third-order valence-corrected chi connectivity index (χ3v) is 11.8. The van der Waals surface area contributed by atoms with Crippen molar-refractivity contribution in [3.63, 3.8) is 0 Å². The molecule has 2 heterocycles. The van der Waals surface area contributed by atoms with E-state index < -0.39 is 24.0 Å². The van der Waals surface area contributed by atoms with Crippen LogP contribution in [0.25, 0.3) is 11.1 Å². The number of hydrogen-bond acceptors (Lipinski definition) is 12. The van der Waals surface area contributed by atoms with E-state index in [1.54, 1.807) is 56.6 Å². The van der Waals surface area contributed by atoms with E-state index in [9.17, 15) is 30.3 Å². The second kappa shape index (κ2) is 22.3. The average molecular weight is 929 g/mol. The summed E-state index contributed by atoms with van der Waals surface area (Å²) < 4.78 is 24.9. The van der Waals surface area contributed by atoms with Crippen LogP contribution in [0.4, 0.5) is 0 Å². The van der Waals surface area contributed by atoms with Gasteiger partial charge in [-0.2, -0.15) is 10.5 Å². The maximum absolute atomic E-state index is 12.5. The number of nitriles is 2. The zero-order chi connectivity index (χ0) is 47.5. The fourth-order valence-corrected chi connectivity index (χ4v) is 7.61. The molecule has 3 atom stereocenters. The molecule has 4 aromatic carbocycles. The zero-order valence-corrected chi connectivity index (χ0v) is 38.4. The number of carboxylic acids is 1. The quantitative estimate of drug-likeness (QED) is 0.0613. The molecule has 0 saturated heterocycles. The number of carbonyl (C=O) groups is 2. The number of nitrogens with one attached hydrogen (secondary N) is 1. The van der Waals surface area contributed by atoms with Gasteiger partial charge < -0.3 is 29.2 Å². The number of Topliss-reactive ketones (excluding diaryl/α,β-unsaturated/α-hetero) is 1. The molecule has 0 spiro atoms. The summed E-state index contributed by atoms with van der Waals surface area (Å²) >= 11 is 13.5. The van der Waals surface area contributed by atoms with Crippen LogP contribution in [0.5, 0.6) is 23.0 Å². The lowest BCUT2D eigenvalue weighted by Gasteiger charge is -2.24. The maximum Gasteiger partial charge on any atom is 0.321 e. The number of nitrogens with zero attached hydrogens (tertiary/aromatic N) is 4. The van der Waals surface area contributed by atoms with E-state index in [1.165, 1.54) is 25.4 Å². The van der Waals surface area contributed by atoms with E-state index in [-0.39, 0.29) is 54.6 Å². The molecule has 0 amide bonds. The number of aliphatic hydroxyl groups excluding tert-OH is 1. The number of pyridine rings is 2. The summed E-state index contributed by atoms with van der Waals surface area (Å²) in [7, 11) is 0. The van der Waals surface area contributed by atoms with Gasteiger partial charge in [0.25, 0.3) is 0 Å². The van der Waals surface area contributed by atoms with Gasteiger partial charge in [-0.15, -0.1) is 0 Å². The second-order valence-electron chi connectivity index (χ2n) is 15.7. The molecule has 2 aromatic heterocycles. The van der Waals surface area contributed by atoms with Crippen LogP contribution < -0.4 is 24.3 Å². The van der Waals surface area contributed by atoms with Gasteiger partial charge >= 0.3 is 5.97 Å². The molecule has 0 unspecified atom stereocenters. The van der Waals surface area contributed by atoms with Crippen LogP contribution in [0.1, 0.15) is 81.2 Å². The minimum atomic E-state index is -1.11. The highest BCUT2D eigenvalue weighted by Crippen LogP contribution is 2.37. The Bertz CT molecular complexity index is 2840. The summed E-state index contributed by atoms with van der Waals surface area (Å²) in [5.41, 5.74) is 8.65. The van der Waals surface area contributed by atoms with Crippen LogP contribution in [0.15, 0.2) is 97.6 Å². The molecule has 0 fully saturated rings. The first kappa shape index (κ1) is 48.5. The number of benzene rings is 4. The summed E-state index contributed by atoms with van der Waals surface area (Å²) in [6, 6.07) is 24.8. The number of hydrogen-bond donors (Lipinski definition) is 3. The smallest absolute Gasteiger partial charge is 0.321 e. The van der Waals surface area contributed by atoms with Crippen molar-refractivity contribution >= 4 is 35.0 Å².